The molecule has 0 bridgehead atoms. The Morgan fingerprint density at radius 1 is 1.12 bits per heavy atom. The van der Waals surface area contributed by atoms with Crippen LogP contribution in [0.1, 0.15) is 16.9 Å². The van der Waals surface area contributed by atoms with Crippen molar-refractivity contribution in [3.8, 4) is 5.75 Å². The SMILES string of the molecule is c1ccc(OCCNCC2CCc3c(sc4ncnc(Nc5ccc6[nH]ncc6c5)c34)C2)cc1. The summed E-state index contributed by atoms with van der Waals surface area (Å²) in [5.41, 5.74) is 3.44. The molecule has 7 nitrogen and oxygen atoms in total. The van der Waals surface area contributed by atoms with Crippen molar-refractivity contribution in [2.45, 2.75) is 19.3 Å². The van der Waals surface area contributed by atoms with Gasteiger partial charge in [0, 0.05) is 22.5 Å². The first kappa shape index (κ1) is 21.1. The number of benzene rings is 2. The highest BCUT2D eigenvalue weighted by molar-refractivity contribution is 7.19. The molecule has 1 unspecified atom stereocenters. The van der Waals surface area contributed by atoms with Gasteiger partial charge in [0.15, 0.2) is 0 Å². The molecule has 3 N–H and O–H groups in total. The number of para-hydroxylation sites is 1. The standard InChI is InChI=1S/C26H26N6OS/c1-2-4-20(5-3-1)33-11-10-27-14-17-6-8-21-23(12-17)34-26-24(21)25(28-16-29-26)31-19-7-9-22-18(13-19)15-30-32-22/h1-5,7,9,13,15-17,27H,6,8,10-12,14H2,(H,30,32)(H,28,29,31). The third-order valence-corrected chi connectivity index (χ3v) is 7.54. The molecule has 1 aliphatic carbocycles. The van der Waals surface area contributed by atoms with Gasteiger partial charge in [0.2, 0.25) is 0 Å². The van der Waals surface area contributed by atoms with Gasteiger partial charge in [0.1, 0.15) is 29.3 Å². The molecule has 0 aliphatic heterocycles. The van der Waals surface area contributed by atoms with Crippen molar-refractivity contribution in [3.05, 3.63) is 71.5 Å². The molecular formula is C26H26N6OS. The van der Waals surface area contributed by atoms with Crippen LogP contribution in [0.4, 0.5) is 11.5 Å². The van der Waals surface area contributed by atoms with E-state index in [0.29, 0.717) is 12.5 Å². The maximum absolute atomic E-state index is 5.78. The highest BCUT2D eigenvalue weighted by Gasteiger charge is 2.25. The van der Waals surface area contributed by atoms with E-state index in [4.69, 9.17) is 4.74 Å². The maximum atomic E-state index is 5.78. The Labute approximate surface area is 201 Å². The van der Waals surface area contributed by atoms with Crippen molar-refractivity contribution in [1.29, 1.82) is 0 Å². The minimum atomic E-state index is 0.630. The summed E-state index contributed by atoms with van der Waals surface area (Å²) in [6.45, 7) is 2.54. The summed E-state index contributed by atoms with van der Waals surface area (Å²) in [7, 11) is 0. The predicted molar refractivity (Wildman–Crippen MR) is 137 cm³/mol. The molecule has 2 aromatic carbocycles. The number of nitrogens with zero attached hydrogens (tertiary/aromatic N) is 3. The topological polar surface area (TPSA) is 87.8 Å². The van der Waals surface area contributed by atoms with Gasteiger partial charge in [-0.25, -0.2) is 9.97 Å². The highest BCUT2D eigenvalue weighted by atomic mass is 32.1. The van der Waals surface area contributed by atoms with E-state index < -0.39 is 0 Å². The molecule has 0 radical (unpaired) electrons. The van der Waals surface area contributed by atoms with E-state index >= 15 is 0 Å². The van der Waals surface area contributed by atoms with Crippen molar-refractivity contribution in [3.63, 3.8) is 0 Å². The second-order valence-corrected chi connectivity index (χ2v) is 9.76. The Balaban J connectivity index is 1.11. The van der Waals surface area contributed by atoms with Crippen LogP contribution >= 0.6 is 11.3 Å². The minimum absolute atomic E-state index is 0.630. The number of thiophene rings is 1. The molecule has 3 heterocycles. The lowest BCUT2D eigenvalue weighted by molar-refractivity contribution is 0.306. The molecule has 172 valence electrons. The average Bonchev–Trinajstić information content (AvgIpc) is 3.48. The number of hydrogen-bond donors (Lipinski definition) is 3. The summed E-state index contributed by atoms with van der Waals surface area (Å²) < 4.78 is 5.78. The van der Waals surface area contributed by atoms with E-state index in [1.54, 1.807) is 6.33 Å². The smallest absolute Gasteiger partial charge is 0.142 e. The summed E-state index contributed by atoms with van der Waals surface area (Å²) in [4.78, 5) is 11.7. The first-order valence-corrected chi connectivity index (χ1v) is 12.5. The molecule has 0 saturated heterocycles. The van der Waals surface area contributed by atoms with E-state index in [2.05, 4.69) is 42.9 Å². The average molecular weight is 471 g/mol. The molecule has 8 heteroatoms. The number of hydrogen-bond acceptors (Lipinski definition) is 7. The van der Waals surface area contributed by atoms with Gasteiger partial charge in [0.05, 0.1) is 17.1 Å². The van der Waals surface area contributed by atoms with Gasteiger partial charge in [-0.3, -0.25) is 5.10 Å². The fraction of sp³-hybridized carbons (Fsp3) is 0.269. The first-order valence-electron chi connectivity index (χ1n) is 11.7. The third kappa shape index (κ3) is 4.34. The lowest BCUT2D eigenvalue weighted by atomic mass is 9.87. The second kappa shape index (κ2) is 9.40. The van der Waals surface area contributed by atoms with E-state index in [9.17, 15) is 0 Å². The van der Waals surface area contributed by atoms with Gasteiger partial charge in [-0.15, -0.1) is 11.3 Å². The van der Waals surface area contributed by atoms with Gasteiger partial charge in [-0.2, -0.15) is 5.10 Å². The van der Waals surface area contributed by atoms with Crippen LogP contribution in [0.2, 0.25) is 0 Å². The molecular weight excluding hydrogens is 444 g/mol. The quantitative estimate of drug-likeness (QED) is 0.274. The van der Waals surface area contributed by atoms with E-state index in [1.807, 2.05) is 53.9 Å². The Kier molecular flexibility index (Phi) is 5.83. The van der Waals surface area contributed by atoms with Crippen LogP contribution in [-0.4, -0.2) is 39.9 Å². The highest BCUT2D eigenvalue weighted by Crippen LogP contribution is 2.40. The number of nitrogens with one attached hydrogen (secondary N) is 3. The molecule has 0 fully saturated rings. The number of anilines is 2. The largest absolute Gasteiger partial charge is 0.492 e. The van der Waals surface area contributed by atoms with Gasteiger partial charge in [-0.1, -0.05) is 18.2 Å². The molecule has 1 atom stereocenters. The Bertz CT molecular complexity index is 1410. The number of fused-ring (bicyclic) bond motifs is 4. The van der Waals surface area contributed by atoms with Crippen LogP contribution in [0.3, 0.4) is 0 Å². The summed E-state index contributed by atoms with van der Waals surface area (Å²) >= 11 is 1.81. The van der Waals surface area contributed by atoms with Gasteiger partial charge in [-0.05, 0) is 67.6 Å². The number of rotatable bonds is 8. The number of aromatic amines is 1. The van der Waals surface area contributed by atoms with E-state index in [0.717, 1.165) is 58.9 Å². The second-order valence-electron chi connectivity index (χ2n) is 8.68. The summed E-state index contributed by atoms with van der Waals surface area (Å²) in [6.07, 6.45) is 6.81. The van der Waals surface area contributed by atoms with Crippen LogP contribution in [0, 0.1) is 5.92 Å². The summed E-state index contributed by atoms with van der Waals surface area (Å²) in [5, 5.41) is 16.5. The zero-order valence-corrected chi connectivity index (χ0v) is 19.6. The van der Waals surface area contributed by atoms with Crippen LogP contribution in [0.25, 0.3) is 21.1 Å². The van der Waals surface area contributed by atoms with Crippen molar-refractivity contribution >= 4 is 44.0 Å². The van der Waals surface area contributed by atoms with E-state index in [-0.39, 0.29) is 0 Å². The monoisotopic (exact) mass is 470 g/mol. The van der Waals surface area contributed by atoms with Crippen LogP contribution < -0.4 is 15.4 Å². The Morgan fingerprint density at radius 2 is 2.06 bits per heavy atom. The first-order chi connectivity index (χ1) is 16.8. The predicted octanol–water partition coefficient (Wildman–Crippen LogP) is 5.08. The van der Waals surface area contributed by atoms with Gasteiger partial charge >= 0.3 is 0 Å². The van der Waals surface area contributed by atoms with Crippen molar-refractivity contribution in [2.24, 2.45) is 5.92 Å². The van der Waals surface area contributed by atoms with Gasteiger partial charge in [0.25, 0.3) is 0 Å². The Morgan fingerprint density at radius 3 is 3.00 bits per heavy atom. The lowest BCUT2D eigenvalue weighted by Gasteiger charge is -2.23. The lowest BCUT2D eigenvalue weighted by Crippen LogP contribution is -2.29. The van der Waals surface area contributed by atoms with Crippen LogP contribution in [0.5, 0.6) is 5.75 Å². The van der Waals surface area contributed by atoms with Gasteiger partial charge < -0.3 is 15.4 Å². The third-order valence-electron chi connectivity index (χ3n) is 6.37. The van der Waals surface area contributed by atoms with Crippen LogP contribution in [0.15, 0.2) is 61.1 Å². The minimum Gasteiger partial charge on any atom is -0.492 e. The molecule has 0 spiro atoms. The van der Waals surface area contributed by atoms with Crippen molar-refractivity contribution in [1.82, 2.24) is 25.5 Å². The zero-order valence-electron chi connectivity index (χ0n) is 18.8. The maximum Gasteiger partial charge on any atom is 0.142 e. The molecule has 34 heavy (non-hydrogen) atoms. The zero-order chi connectivity index (χ0) is 22.7. The normalized spacial score (nSPS) is 15.5. The van der Waals surface area contributed by atoms with Crippen molar-refractivity contribution < 1.29 is 4.74 Å². The fourth-order valence-corrected chi connectivity index (χ4v) is 5.97. The molecule has 5 aromatic rings. The molecule has 6 rings (SSSR count). The Hall–Kier alpha value is -3.49. The number of ether oxygens (including phenoxy) is 1. The molecule has 0 amide bonds. The molecule has 1 aliphatic rings. The fourth-order valence-electron chi connectivity index (χ4n) is 4.67. The molecule has 3 aromatic heterocycles. The summed E-state index contributed by atoms with van der Waals surface area (Å²) in [5.74, 6) is 2.44. The molecule has 0 saturated carbocycles. The number of aryl methyl sites for hydroxylation is 1. The van der Waals surface area contributed by atoms with E-state index in [1.165, 1.54) is 22.2 Å². The summed E-state index contributed by atoms with van der Waals surface area (Å²) in [6, 6.07) is 16.2. The van der Waals surface area contributed by atoms with Crippen molar-refractivity contribution in [2.75, 3.05) is 25.0 Å². The van der Waals surface area contributed by atoms with Crippen LogP contribution in [-0.2, 0) is 12.8 Å². The number of aromatic nitrogens is 4. The number of H-pyrrole nitrogens is 1.